The lowest BCUT2D eigenvalue weighted by atomic mass is 10.1. The first-order chi connectivity index (χ1) is 9.60. The topological polar surface area (TPSA) is 55.1 Å². The molecule has 0 saturated carbocycles. The number of hydrogen-bond acceptors (Lipinski definition) is 3. The maximum Gasteiger partial charge on any atom is 0.313 e. The third kappa shape index (κ3) is 3.63. The maximum absolute atomic E-state index is 10.7. The predicted molar refractivity (Wildman–Crippen MR) is 80.2 cm³/mol. The van der Waals surface area contributed by atoms with Gasteiger partial charge in [0.2, 0.25) is 0 Å². The highest BCUT2D eigenvalue weighted by atomic mass is 32.2. The fraction of sp³-hybridized carbons (Fsp3) is 0.333. The van der Waals surface area contributed by atoms with Gasteiger partial charge in [-0.05, 0) is 18.9 Å². The molecule has 1 heterocycles. The summed E-state index contributed by atoms with van der Waals surface area (Å²) < 4.78 is 2.10. The van der Waals surface area contributed by atoms with Crippen molar-refractivity contribution in [2.45, 2.75) is 32.0 Å². The van der Waals surface area contributed by atoms with Gasteiger partial charge in [-0.3, -0.25) is 4.79 Å². The summed E-state index contributed by atoms with van der Waals surface area (Å²) in [6.45, 7) is 4.87. The normalized spacial score (nSPS) is 10.7. The van der Waals surface area contributed by atoms with Gasteiger partial charge in [0.05, 0.1) is 5.75 Å². The Balaban J connectivity index is 2.21. The third-order valence-electron chi connectivity index (χ3n) is 3.05. The number of aliphatic carboxylic acids is 1. The van der Waals surface area contributed by atoms with Gasteiger partial charge in [-0.2, -0.15) is 0 Å². The van der Waals surface area contributed by atoms with Gasteiger partial charge >= 0.3 is 5.97 Å². The van der Waals surface area contributed by atoms with Crippen LogP contribution in [0.4, 0.5) is 0 Å². The molecule has 0 aliphatic carbocycles. The van der Waals surface area contributed by atoms with Crippen LogP contribution in [0.15, 0.2) is 35.6 Å². The second-order valence-corrected chi connectivity index (χ2v) is 5.58. The molecule has 0 atom stereocenters. The van der Waals surface area contributed by atoms with E-state index in [1.807, 2.05) is 6.20 Å². The molecule has 1 N–H and O–H groups in total. The van der Waals surface area contributed by atoms with Crippen LogP contribution in [0.1, 0.15) is 23.7 Å². The molecule has 1 aromatic carbocycles. The van der Waals surface area contributed by atoms with Crippen molar-refractivity contribution in [2.24, 2.45) is 0 Å². The van der Waals surface area contributed by atoms with E-state index >= 15 is 0 Å². The molecule has 0 aliphatic heterocycles. The van der Waals surface area contributed by atoms with Gasteiger partial charge in [-0.15, -0.1) is 0 Å². The Morgan fingerprint density at radius 3 is 2.65 bits per heavy atom. The van der Waals surface area contributed by atoms with E-state index < -0.39 is 5.97 Å². The zero-order valence-electron chi connectivity index (χ0n) is 11.7. The van der Waals surface area contributed by atoms with Crippen LogP contribution in [0.5, 0.6) is 0 Å². The summed E-state index contributed by atoms with van der Waals surface area (Å²) >= 11 is 1.27. The SMILES string of the molecule is CCc1cnc(SCC(=O)O)n1Cc1ccc(C)cc1. The van der Waals surface area contributed by atoms with Crippen LogP contribution in [0.3, 0.4) is 0 Å². The highest BCUT2D eigenvalue weighted by Crippen LogP contribution is 2.20. The van der Waals surface area contributed by atoms with Crippen molar-refractivity contribution in [1.82, 2.24) is 9.55 Å². The molecule has 0 spiro atoms. The van der Waals surface area contributed by atoms with Crippen LogP contribution in [0, 0.1) is 6.92 Å². The van der Waals surface area contributed by atoms with Crippen LogP contribution in [0.2, 0.25) is 0 Å². The minimum absolute atomic E-state index is 0.0358. The average molecular weight is 290 g/mol. The van der Waals surface area contributed by atoms with Crippen LogP contribution in [-0.2, 0) is 17.8 Å². The third-order valence-corrected chi connectivity index (χ3v) is 4.03. The second kappa shape index (κ2) is 6.61. The number of aryl methyl sites for hydroxylation is 2. The number of rotatable bonds is 6. The van der Waals surface area contributed by atoms with E-state index in [2.05, 4.69) is 47.7 Å². The zero-order chi connectivity index (χ0) is 14.5. The van der Waals surface area contributed by atoms with E-state index in [1.54, 1.807) is 0 Å². The molecular weight excluding hydrogens is 272 g/mol. The summed E-state index contributed by atoms with van der Waals surface area (Å²) in [5.41, 5.74) is 3.55. The van der Waals surface area contributed by atoms with Gasteiger partial charge < -0.3 is 9.67 Å². The summed E-state index contributed by atoms with van der Waals surface area (Å²) in [7, 11) is 0. The molecule has 2 rings (SSSR count). The quantitative estimate of drug-likeness (QED) is 0.831. The number of carboxylic acids is 1. The molecule has 4 nitrogen and oxygen atoms in total. The summed E-state index contributed by atoms with van der Waals surface area (Å²) in [4.78, 5) is 15.0. The molecule has 0 unspecified atom stereocenters. The van der Waals surface area contributed by atoms with Gasteiger partial charge in [-0.1, -0.05) is 48.5 Å². The molecule has 2 aromatic rings. The number of hydrogen-bond donors (Lipinski definition) is 1. The van der Waals surface area contributed by atoms with E-state index in [-0.39, 0.29) is 5.75 Å². The van der Waals surface area contributed by atoms with Crippen molar-refractivity contribution in [3.05, 3.63) is 47.3 Å². The first kappa shape index (κ1) is 14.7. The van der Waals surface area contributed by atoms with Gasteiger partial charge in [0.1, 0.15) is 0 Å². The molecule has 106 valence electrons. The number of thioether (sulfide) groups is 1. The van der Waals surface area contributed by atoms with Crippen molar-refractivity contribution in [1.29, 1.82) is 0 Å². The van der Waals surface area contributed by atoms with Crippen LogP contribution in [-0.4, -0.2) is 26.4 Å². The summed E-state index contributed by atoms with van der Waals surface area (Å²) in [6.07, 6.45) is 2.71. The number of aromatic nitrogens is 2. The number of benzene rings is 1. The van der Waals surface area contributed by atoms with Gasteiger partial charge in [0.15, 0.2) is 5.16 Å². The number of nitrogens with zero attached hydrogens (tertiary/aromatic N) is 2. The van der Waals surface area contributed by atoms with Gasteiger partial charge in [0, 0.05) is 18.4 Å². The molecule has 5 heteroatoms. The number of carbonyl (C=O) groups is 1. The lowest BCUT2D eigenvalue weighted by Crippen LogP contribution is -2.07. The number of imidazole rings is 1. The van der Waals surface area contributed by atoms with Crippen LogP contribution >= 0.6 is 11.8 Å². The first-order valence-electron chi connectivity index (χ1n) is 6.54. The fourth-order valence-corrected chi connectivity index (χ4v) is 2.68. The Kier molecular flexibility index (Phi) is 4.84. The lowest BCUT2D eigenvalue weighted by molar-refractivity contribution is -0.133. The molecule has 0 aliphatic rings. The van der Waals surface area contributed by atoms with Gasteiger partial charge in [0.25, 0.3) is 0 Å². The molecule has 20 heavy (non-hydrogen) atoms. The van der Waals surface area contributed by atoms with Crippen molar-refractivity contribution in [2.75, 3.05) is 5.75 Å². The Morgan fingerprint density at radius 1 is 1.35 bits per heavy atom. The van der Waals surface area contributed by atoms with E-state index in [0.29, 0.717) is 0 Å². The van der Waals surface area contributed by atoms with E-state index in [9.17, 15) is 4.79 Å². The Bertz CT molecular complexity index is 590. The zero-order valence-corrected chi connectivity index (χ0v) is 12.5. The fourth-order valence-electron chi connectivity index (χ4n) is 1.96. The molecule has 0 radical (unpaired) electrons. The van der Waals surface area contributed by atoms with Crippen LogP contribution < -0.4 is 0 Å². The van der Waals surface area contributed by atoms with Gasteiger partial charge in [-0.25, -0.2) is 4.98 Å². The molecule has 0 bridgehead atoms. The standard InChI is InChI=1S/C15H18N2O2S/c1-3-13-8-16-15(20-10-14(18)19)17(13)9-12-6-4-11(2)5-7-12/h4-8H,3,9-10H2,1-2H3,(H,18,19). The molecular formula is C15H18N2O2S. The lowest BCUT2D eigenvalue weighted by Gasteiger charge is -2.10. The van der Waals surface area contributed by atoms with E-state index in [0.717, 1.165) is 23.8 Å². The largest absolute Gasteiger partial charge is 0.481 e. The minimum atomic E-state index is -0.821. The highest BCUT2D eigenvalue weighted by Gasteiger charge is 2.11. The Labute approximate surface area is 122 Å². The Morgan fingerprint density at radius 2 is 2.05 bits per heavy atom. The summed E-state index contributed by atoms with van der Waals surface area (Å²) in [5, 5.41) is 9.56. The van der Waals surface area contributed by atoms with Crippen molar-refractivity contribution >= 4 is 17.7 Å². The smallest absolute Gasteiger partial charge is 0.313 e. The maximum atomic E-state index is 10.7. The number of carboxylic acid groups (broad SMARTS) is 1. The monoisotopic (exact) mass is 290 g/mol. The van der Waals surface area contributed by atoms with Crippen molar-refractivity contribution in [3.8, 4) is 0 Å². The Hall–Kier alpha value is -1.75. The van der Waals surface area contributed by atoms with Crippen molar-refractivity contribution < 1.29 is 9.90 Å². The summed E-state index contributed by atoms with van der Waals surface area (Å²) in [5.74, 6) is -0.786. The summed E-state index contributed by atoms with van der Waals surface area (Å²) in [6, 6.07) is 8.37. The predicted octanol–water partition coefficient (Wildman–Crippen LogP) is 2.98. The van der Waals surface area contributed by atoms with E-state index in [1.165, 1.54) is 22.9 Å². The molecule has 0 fully saturated rings. The average Bonchev–Trinajstić information content (AvgIpc) is 2.81. The second-order valence-electron chi connectivity index (χ2n) is 4.64. The van der Waals surface area contributed by atoms with E-state index in [4.69, 9.17) is 5.11 Å². The molecule has 0 saturated heterocycles. The molecule has 0 amide bonds. The van der Waals surface area contributed by atoms with Crippen LogP contribution in [0.25, 0.3) is 0 Å². The highest BCUT2D eigenvalue weighted by molar-refractivity contribution is 7.99. The first-order valence-corrected chi connectivity index (χ1v) is 7.53. The molecule has 1 aromatic heterocycles. The minimum Gasteiger partial charge on any atom is -0.481 e. The van der Waals surface area contributed by atoms with Crippen molar-refractivity contribution in [3.63, 3.8) is 0 Å².